The Kier molecular flexibility index (Phi) is 5.09. The number of nitrogens with zero attached hydrogens (tertiary/aromatic N) is 2. The number of rotatable bonds is 4. The van der Waals surface area contributed by atoms with Gasteiger partial charge in [-0.05, 0) is 42.3 Å². The molecule has 1 heterocycles. The predicted molar refractivity (Wildman–Crippen MR) is 101 cm³/mol. The van der Waals surface area contributed by atoms with E-state index in [2.05, 4.69) is 26.3 Å². The van der Waals surface area contributed by atoms with Crippen LogP contribution in [0.5, 0.6) is 0 Å². The molecule has 3 rings (SSSR count). The fraction of sp³-hybridized carbons (Fsp3) is 0.105. The Morgan fingerprint density at radius 3 is 2.60 bits per heavy atom. The second-order valence-corrected chi connectivity index (χ2v) is 6.53. The first-order valence-electron chi connectivity index (χ1n) is 7.72. The van der Waals surface area contributed by atoms with Crippen molar-refractivity contribution in [2.75, 3.05) is 5.32 Å². The van der Waals surface area contributed by atoms with Crippen molar-refractivity contribution in [2.45, 2.75) is 13.5 Å². The molecule has 1 N–H and O–H groups in total. The number of hydrogen-bond donors (Lipinski definition) is 1. The smallest absolute Gasteiger partial charge is 0.276 e. The minimum absolute atomic E-state index is 0.192. The van der Waals surface area contributed by atoms with Crippen LogP contribution >= 0.6 is 15.9 Å². The molecule has 6 heteroatoms. The van der Waals surface area contributed by atoms with E-state index in [-0.39, 0.29) is 17.2 Å². The Labute approximate surface area is 153 Å². The van der Waals surface area contributed by atoms with Gasteiger partial charge in [-0.1, -0.05) is 46.3 Å². The van der Waals surface area contributed by atoms with Crippen LogP contribution in [0.1, 0.15) is 21.6 Å². The minimum atomic E-state index is -0.354. The largest absolute Gasteiger partial charge is 0.320 e. The van der Waals surface area contributed by atoms with E-state index < -0.39 is 0 Å². The summed E-state index contributed by atoms with van der Waals surface area (Å²) < 4.78 is 2.23. The Morgan fingerprint density at radius 1 is 1.12 bits per heavy atom. The van der Waals surface area contributed by atoms with Crippen LogP contribution in [0.4, 0.5) is 5.69 Å². The summed E-state index contributed by atoms with van der Waals surface area (Å²) in [5.74, 6) is -0.354. The molecule has 0 aliphatic rings. The van der Waals surface area contributed by atoms with Gasteiger partial charge in [0.25, 0.3) is 11.5 Å². The van der Waals surface area contributed by atoms with Gasteiger partial charge in [-0.15, -0.1) is 0 Å². The summed E-state index contributed by atoms with van der Waals surface area (Å²) >= 11 is 3.39. The predicted octanol–water partition coefficient (Wildman–Crippen LogP) is 3.61. The van der Waals surface area contributed by atoms with Crippen molar-refractivity contribution < 1.29 is 4.79 Å². The number of anilines is 1. The van der Waals surface area contributed by atoms with Crippen LogP contribution in [-0.2, 0) is 6.54 Å². The maximum Gasteiger partial charge on any atom is 0.276 e. The Balaban J connectivity index is 1.83. The number of aryl methyl sites for hydroxylation is 1. The normalized spacial score (nSPS) is 10.5. The molecule has 126 valence electrons. The van der Waals surface area contributed by atoms with E-state index in [1.807, 2.05) is 55.5 Å². The molecule has 1 aromatic heterocycles. The first-order chi connectivity index (χ1) is 12.0. The Hall–Kier alpha value is -2.73. The highest BCUT2D eigenvalue weighted by Crippen LogP contribution is 2.20. The Morgan fingerprint density at radius 2 is 1.88 bits per heavy atom. The van der Waals surface area contributed by atoms with Crippen molar-refractivity contribution >= 4 is 27.5 Å². The van der Waals surface area contributed by atoms with E-state index in [9.17, 15) is 9.59 Å². The van der Waals surface area contributed by atoms with Crippen molar-refractivity contribution in [3.8, 4) is 0 Å². The highest BCUT2D eigenvalue weighted by Gasteiger charge is 2.11. The van der Waals surface area contributed by atoms with Crippen LogP contribution in [0.2, 0.25) is 0 Å². The van der Waals surface area contributed by atoms with Gasteiger partial charge >= 0.3 is 0 Å². The van der Waals surface area contributed by atoms with Crippen LogP contribution in [0.15, 0.2) is 69.9 Å². The van der Waals surface area contributed by atoms with Crippen molar-refractivity contribution in [3.05, 3.63) is 92.3 Å². The molecule has 0 saturated carbocycles. The molecule has 2 aromatic carbocycles. The number of benzene rings is 2. The van der Waals surface area contributed by atoms with Crippen molar-refractivity contribution in [3.63, 3.8) is 0 Å². The molecule has 0 saturated heterocycles. The van der Waals surface area contributed by atoms with E-state index in [0.717, 1.165) is 15.6 Å². The van der Waals surface area contributed by atoms with Crippen LogP contribution in [0.3, 0.4) is 0 Å². The zero-order valence-electron chi connectivity index (χ0n) is 13.6. The highest BCUT2D eigenvalue weighted by atomic mass is 79.9. The molecule has 0 unspecified atom stereocenters. The third-order valence-corrected chi connectivity index (χ3v) is 4.20. The molecular formula is C19H16BrN3O2. The van der Waals surface area contributed by atoms with E-state index in [1.165, 1.54) is 16.8 Å². The maximum absolute atomic E-state index is 12.5. The molecule has 0 aliphatic heterocycles. The lowest BCUT2D eigenvalue weighted by molar-refractivity contribution is 0.102. The van der Waals surface area contributed by atoms with Gasteiger partial charge in [0.05, 0.1) is 6.54 Å². The molecule has 0 bridgehead atoms. The van der Waals surface area contributed by atoms with E-state index in [4.69, 9.17) is 0 Å². The van der Waals surface area contributed by atoms with Gasteiger partial charge in [0.2, 0.25) is 0 Å². The maximum atomic E-state index is 12.5. The van der Waals surface area contributed by atoms with Gasteiger partial charge in [-0.3, -0.25) is 9.59 Å². The number of aromatic nitrogens is 2. The second kappa shape index (κ2) is 7.44. The zero-order chi connectivity index (χ0) is 17.8. The average Bonchev–Trinajstić information content (AvgIpc) is 2.60. The lowest BCUT2D eigenvalue weighted by Crippen LogP contribution is -2.26. The molecule has 0 radical (unpaired) electrons. The average molecular weight is 398 g/mol. The quantitative estimate of drug-likeness (QED) is 0.730. The van der Waals surface area contributed by atoms with E-state index >= 15 is 0 Å². The van der Waals surface area contributed by atoms with Crippen molar-refractivity contribution in [1.29, 1.82) is 0 Å². The van der Waals surface area contributed by atoms with Gasteiger partial charge < -0.3 is 5.32 Å². The number of hydrogen-bond acceptors (Lipinski definition) is 3. The van der Waals surface area contributed by atoms with Gasteiger partial charge in [-0.25, -0.2) is 4.68 Å². The van der Waals surface area contributed by atoms with Gasteiger partial charge in [0, 0.05) is 16.2 Å². The molecule has 0 fully saturated rings. The topological polar surface area (TPSA) is 64.0 Å². The van der Waals surface area contributed by atoms with Crippen LogP contribution in [-0.4, -0.2) is 15.7 Å². The zero-order valence-corrected chi connectivity index (χ0v) is 15.2. The number of amides is 1. The molecule has 1 amide bonds. The van der Waals surface area contributed by atoms with Crippen LogP contribution < -0.4 is 10.9 Å². The summed E-state index contributed by atoms with van der Waals surface area (Å²) in [4.78, 5) is 24.5. The number of carbonyl (C=O) groups is 1. The second-order valence-electron chi connectivity index (χ2n) is 5.61. The molecule has 0 atom stereocenters. The summed E-state index contributed by atoms with van der Waals surface area (Å²) in [6.45, 7) is 2.22. The molecule has 5 nitrogen and oxygen atoms in total. The summed E-state index contributed by atoms with van der Waals surface area (Å²) in [6, 6.07) is 17.9. The van der Waals surface area contributed by atoms with E-state index in [1.54, 1.807) is 0 Å². The molecule has 0 aliphatic carbocycles. The number of nitrogens with one attached hydrogen (secondary N) is 1. The fourth-order valence-electron chi connectivity index (χ4n) is 2.39. The molecule has 3 aromatic rings. The van der Waals surface area contributed by atoms with Crippen LogP contribution in [0, 0.1) is 6.92 Å². The minimum Gasteiger partial charge on any atom is -0.320 e. The summed E-state index contributed by atoms with van der Waals surface area (Å²) in [5, 5.41) is 7.02. The first-order valence-corrected chi connectivity index (χ1v) is 8.52. The number of halogens is 1. The molecule has 0 spiro atoms. The molecular weight excluding hydrogens is 382 g/mol. The lowest BCUT2D eigenvalue weighted by Gasteiger charge is -2.10. The third-order valence-electron chi connectivity index (χ3n) is 3.71. The van der Waals surface area contributed by atoms with Gasteiger partial charge in [0.15, 0.2) is 0 Å². The fourth-order valence-corrected chi connectivity index (χ4v) is 2.87. The summed E-state index contributed by atoms with van der Waals surface area (Å²) in [7, 11) is 0. The summed E-state index contributed by atoms with van der Waals surface area (Å²) in [5.41, 5.74) is 2.52. The first kappa shape index (κ1) is 17.1. The van der Waals surface area contributed by atoms with Crippen molar-refractivity contribution in [2.24, 2.45) is 0 Å². The SMILES string of the molecule is Cc1cc(Br)ccc1NC(=O)c1ccc(=O)n(Cc2ccccc2)n1. The third kappa shape index (κ3) is 4.22. The standard InChI is InChI=1S/C19H16BrN3O2/c1-13-11-15(20)7-8-16(13)21-19(25)17-9-10-18(24)23(22-17)12-14-5-3-2-4-6-14/h2-11H,12H2,1H3,(H,21,25). The molecule has 25 heavy (non-hydrogen) atoms. The van der Waals surface area contributed by atoms with Crippen molar-refractivity contribution in [1.82, 2.24) is 9.78 Å². The monoisotopic (exact) mass is 397 g/mol. The number of carbonyl (C=O) groups excluding carboxylic acids is 1. The highest BCUT2D eigenvalue weighted by molar-refractivity contribution is 9.10. The Bertz CT molecular complexity index is 968. The lowest BCUT2D eigenvalue weighted by atomic mass is 10.2. The van der Waals surface area contributed by atoms with Gasteiger partial charge in [-0.2, -0.15) is 5.10 Å². The van der Waals surface area contributed by atoms with Gasteiger partial charge in [0.1, 0.15) is 5.69 Å². The van der Waals surface area contributed by atoms with E-state index in [0.29, 0.717) is 12.2 Å². The summed E-state index contributed by atoms with van der Waals surface area (Å²) in [6.07, 6.45) is 0. The van der Waals surface area contributed by atoms with Crippen LogP contribution in [0.25, 0.3) is 0 Å².